The van der Waals surface area contributed by atoms with Crippen molar-refractivity contribution in [2.24, 2.45) is 11.8 Å². The largest absolute Gasteiger partial charge is 0.369 e. The van der Waals surface area contributed by atoms with Crippen molar-refractivity contribution < 1.29 is 4.79 Å². The van der Waals surface area contributed by atoms with E-state index in [0.717, 1.165) is 51.1 Å². The minimum Gasteiger partial charge on any atom is -0.369 e. The topological polar surface area (TPSA) is 58.4 Å². The van der Waals surface area contributed by atoms with Crippen LogP contribution in [0.5, 0.6) is 0 Å². The van der Waals surface area contributed by atoms with Gasteiger partial charge in [-0.1, -0.05) is 0 Å². The van der Waals surface area contributed by atoms with E-state index < -0.39 is 0 Å². The smallest absolute Gasteiger partial charge is 0.268 e. The van der Waals surface area contributed by atoms with Crippen LogP contribution in [0.25, 0.3) is 0 Å². The zero-order valence-corrected chi connectivity index (χ0v) is 14.2. The molecule has 1 aliphatic carbocycles. The average molecular weight is 330 g/mol. The van der Waals surface area contributed by atoms with Gasteiger partial charge in [0.2, 0.25) is 5.91 Å². The molecule has 0 bridgehead atoms. The molecule has 3 heterocycles. The van der Waals surface area contributed by atoms with Gasteiger partial charge < -0.3 is 9.80 Å². The number of carbonyl (C=O) groups is 1. The molecule has 1 amide bonds. The van der Waals surface area contributed by atoms with E-state index in [-0.39, 0.29) is 11.5 Å². The summed E-state index contributed by atoms with van der Waals surface area (Å²) in [6.07, 6.45) is 8.59. The third-order valence-electron chi connectivity index (χ3n) is 5.55. The minimum absolute atomic E-state index is 0.0230. The number of hydrogen-bond acceptors (Lipinski definition) is 4. The monoisotopic (exact) mass is 330 g/mol. The summed E-state index contributed by atoms with van der Waals surface area (Å²) >= 11 is 0. The third kappa shape index (κ3) is 3.32. The van der Waals surface area contributed by atoms with Gasteiger partial charge in [0.25, 0.3) is 5.56 Å². The lowest BCUT2D eigenvalue weighted by Crippen LogP contribution is -2.40. The van der Waals surface area contributed by atoms with Crippen LogP contribution in [0.3, 0.4) is 0 Å². The van der Waals surface area contributed by atoms with Gasteiger partial charge in [-0.2, -0.15) is 5.10 Å². The molecule has 3 fully saturated rings. The van der Waals surface area contributed by atoms with Crippen LogP contribution < -0.4 is 10.5 Å². The molecule has 1 unspecified atom stereocenters. The molecular formula is C18H26N4O2. The predicted octanol–water partition coefficient (Wildman–Crippen LogP) is 1.49. The van der Waals surface area contributed by atoms with E-state index >= 15 is 0 Å². The number of aromatic nitrogens is 2. The Morgan fingerprint density at radius 1 is 1.12 bits per heavy atom. The first kappa shape index (κ1) is 15.7. The van der Waals surface area contributed by atoms with Gasteiger partial charge in [0, 0.05) is 38.8 Å². The molecule has 3 aliphatic rings. The second-order valence-electron chi connectivity index (χ2n) is 7.50. The Labute approximate surface area is 142 Å². The number of anilines is 1. The van der Waals surface area contributed by atoms with Crippen molar-refractivity contribution in [1.82, 2.24) is 14.7 Å². The SMILES string of the molecule is O=C(C1CCN(c2cnn(CC3CC3)c(=O)c2)C1)N1CCCCC1. The highest BCUT2D eigenvalue weighted by Crippen LogP contribution is 2.30. The lowest BCUT2D eigenvalue weighted by molar-refractivity contribution is -0.135. The van der Waals surface area contributed by atoms with E-state index in [1.165, 1.54) is 19.3 Å². The lowest BCUT2D eigenvalue weighted by atomic mass is 10.0. The maximum Gasteiger partial charge on any atom is 0.268 e. The summed E-state index contributed by atoms with van der Waals surface area (Å²) < 4.78 is 1.58. The van der Waals surface area contributed by atoms with Gasteiger partial charge in [-0.3, -0.25) is 9.59 Å². The van der Waals surface area contributed by atoms with Gasteiger partial charge in [0.1, 0.15) is 0 Å². The molecule has 24 heavy (non-hydrogen) atoms. The van der Waals surface area contributed by atoms with E-state index in [0.29, 0.717) is 18.4 Å². The molecule has 6 heteroatoms. The fraction of sp³-hybridized carbons (Fsp3) is 0.722. The Bertz CT molecular complexity index is 661. The van der Waals surface area contributed by atoms with Gasteiger partial charge in [-0.25, -0.2) is 4.68 Å². The average Bonchev–Trinajstić information content (AvgIpc) is 3.29. The highest BCUT2D eigenvalue weighted by atomic mass is 16.2. The molecule has 0 aromatic carbocycles. The molecule has 130 valence electrons. The standard InChI is InChI=1S/C18H26N4O2/c23-17-10-16(11-19-22(17)12-14-4-5-14)21-9-6-15(13-21)18(24)20-7-2-1-3-8-20/h10-11,14-15H,1-9,12-13H2. The van der Waals surface area contributed by atoms with E-state index in [4.69, 9.17) is 0 Å². The van der Waals surface area contributed by atoms with Crippen LogP contribution in [0.2, 0.25) is 0 Å². The molecule has 2 aliphatic heterocycles. The van der Waals surface area contributed by atoms with Crippen molar-refractivity contribution >= 4 is 11.6 Å². The molecule has 0 spiro atoms. The lowest BCUT2D eigenvalue weighted by Gasteiger charge is -2.29. The van der Waals surface area contributed by atoms with Crippen LogP contribution in [0.15, 0.2) is 17.1 Å². The maximum absolute atomic E-state index is 12.6. The summed E-state index contributed by atoms with van der Waals surface area (Å²) in [6.45, 7) is 4.11. The summed E-state index contributed by atoms with van der Waals surface area (Å²) in [4.78, 5) is 29.0. The third-order valence-corrected chi connectivity index (χ3v) is 5.55. The molecule has 4 rings (SSSR count). The highest BCUT2D eigenvalue weighted by molar-refractivity contribution is 5.80. The van der Waals surface area contributed by atoms with Gasteiger partial charge in [-0.05, 0) is 44.4 Å². The number of amides is 1. The Morgan fingerprint density at radius 2 is 1.92 bits per heavy atom. The molecule has 6 nitrogen and oxygen atoms in total. The van der Waals surface area contributed by atoms with Crippen LogP contribution in [0.1, 0.15) is 38.5 Å². The first-order valence-electron chi connectivity index (χ1n) is 9.31. The normalized spacial score (nSPS) is 24.4. The molecule has 2 saturated heterocycles. The van der Waals surface area contributed by atoms with Crippen LogP contribution in [0, 0.1) is 11.8 Å². The quantitative estimate of drug-likeness (QED) is 0.839. The molecule has 1 aromatic rings. The van der Waals surface area contributed by atoms with Crippen molar-refractivity contribution in [3.05, 3.63) is 22.6 Å². The van der Waals surface area contributed by atoms with Crippen LogP contribution in [0.4, 0.5) is 5.69 Å². The van der Waals surface area contributed by atoms with Crippen molar-refractivity contribution in [3.63, 3.8) is 0 Å². The van der Waals surface area contributed by atoms with E-state index in [2.05, 4.69) is 10.00 Å². The Kier molecular flexibility index (Phi) is 4.29. The fourth-order valence-corrected chi connectivity index (χ4v) is 3.85. The number of piperidine rings is 1. The summed E-state index contributed by atoms with van der Waals surface area (Å²) in [5.41, 5.74) is 0.839. The zero-order chi connectivity index (χ0) is 16.5. The second kappa shape index (κ2) is 6.57. The molecule has 1 aromatic heterocycles. The molecule has 1 saturated carbocycles. The van der Waals surface area contributed by atoms with Gasteiger partial charge >= 0.3 is 0 Å². The van der Waals surface area contributed by atoms with Gasteiger partial charge in [-0.15, -0.1) is 0 Å². The van der Waals surface area contributed by atoms with E-state index in [1.807, 2.05) is 4.90 Å². The minimum atomic E-state index is -0.0230. The molecular weight excluding hydrogens is 304 g/mol. The van der Waals surface area contributed by atoms with Crippen molar-refractivity contribution in [1.29, 1.82) is 0 Å². The maximum atomic E-state index is 12.6. The fourth-order valence-electron chi connectivity index (χ4n) is 3.85. The number of hydrogen-bond donors (Lipinski definition) is 0. The highest BCUT2D eigenvalue weighted by Gasteiger charge is 2.32. The number of carbonyl (C=O) groups excluding carboxylic acids is 1. The van der Waals surface area contributed by atoms with E-state index in [1.54, 1.807) is 16.9 Å². The Hall–Kier alpha value is -1.85. The Balaban J connectivity index is 1.39. The number of rotatable bonds is 4. The Morgan fingerprint density at radius 3 is 2.62 bits per heavy atom. The van der Waals surface area contributed by atoms with Crippen LogP contribution >= 0.6 is 0 Å². The molecule has 0 radical (unpaired) electrons. The first-order valence-corrected chi connectivity index (χ1v) is 9.31. The summed E-state index contributed by atoms with van der Waals surface area (Å²) in [6, 6.07) is 1.68. The van der Waals surface area contributed by atoms with Gasteiger partial charge in [0.15, 0.2) is 0 Å². The molecule has 1 atom stereocenters. The van der Waals surface area contributed by atoms with Crippen LogP contribution in [-0.2, 0) is 11.3 Å². The number of likely N-dealkylation sites (tertiary alicyclic amines) is 1. The first-order chi connectivity index (χ1) is 11.7. The number of nitrogens with zero attached hydrogens (tertiary/aromatic N) is 4. The second-order valence-corrected chi connectivity index (χ2v) is 7.50. The summed E-state index contributed by atoms with van der Waals surface area (Å²) in [7, 11) is 0. The van der Waals surface area contributed by atoms with Gasteiger partial charge in [0.05, 0.1) is 17.8 Å². The van der Waals surface area contributed by atoms with Crippen molar-refractivity contribution in [2.75, 3.05) is 31.1 Å². The van der Waals surface area contributed by atoms with Crippen molar-refractivity contribution in [2.45, 2.75) is 45.1 Å². The zero-order valence-electron chi connectivity index (χ0n) is 14.2. The molecule has 0 N–H and O–H groups in total. The summed E-state index contributed by atoms with van der Waals surface area (Å²) in [5, 5.41) is 4.33. The van der Waals surface area contributed by atoms with Crippen LogP contribution in [-0.4, -0.2) is 46.8 Å². The van der Waals surface area contributed by atoms with Crippen molar-refractivity contribution in [3.8, 4) is 0 Å². The summed E-state index contributed by atoms with van der Waals surface area (Å²) in [5.74, 6) is 1.00. The van der Waals surface area contributed by atoms with E-state index in [9.17, 15) is 9.59 Å². The predicted molar refractivity (Wildman–Crippen MR) is 92.0 cm³/mol.